The van der Waals surface area contributed by atoms with Gasteiger partial charge in [-0.1, -0.05) is 12.1 Å². The Morgan fingerprint density at radius 1 is 1.36 bits per heavy atom. The zero-order valence-corrected chi connectivity index (χ0v) is 13.4. The van der Waals surface area contributed by atoms with Crippen LogP contribution in [0.25, 0.3) is 5.69 Å². The largest absolute Gasteiger partial charge is 0.368 e. The van der Waals surface area contributed by atoms with E-state index in [1.807, 2.05) is 0 Å². The molecule has 2 aromatic rings. The highest BCUT2D eigenvalue weighted by Crippen LogP contribution is 2.17. The van der Waals surface area contributed by atoms with Gasteiger partial charge in [0.25, 0.3) is 5.91 Å². The van der Waals surface area contributed by atoms with Crippen LogP contribution in [-0.2, 0) is 9.59 Å². The van der Waals surface area contributed by atoms with Gasteiger partial charge in [0.1, 0.15) is 24.1 Å². The molecule has 2 heterocycles. The van der Waals surface area contributed by atoms with Crippen LogP contribution in [0.15, 0.2) is 30.5 Å². The Morgan fingerprint density at radius 3 is 2.76 bits per heavy atom. The highest BCUT2D eigenvalue weighted by Gasteiger charge is 2.36. The first-order chi connectivity index (χ1) is 11.9. The number of halogens is 1. The highest BCUT2D eigenvalue weighted by atomic mass is 19.1. The molecule has 1 unspecified atom stereocenters. The molecule has 0 aliphatic carbocycles. The second-order valence-electron chi connectivity index (χ2n) is 5.71. The first-order valence-electron chi connectivity index (χ1n) is 7.56. The maximum atomic E-state index is 13.9. The number of piperazine rings is 1. The van der Waals surface area contributed by atoms with Gasteiger partial charge in [-0.15, -0.1) is 0 Å². The lowest BCUT2D eigenvalue weighted by Gasteiger charge is -2.33. The zero-order chi connectivity index (χ0) is 18.1. The average Bonchev–Trinajstić information content (AvgIpc) is 2.95. The molecule has 0 radical (unpaired) electrons. The number of nitrogens with zero attached hydrogens (tertiary/aromatic N) is 3. The number of nitrogens with one attached hydrogen (secondary N) is 1. The summed E-state index contributed by atoms with van der Waals surface area (Å²) in [7, 11) is 0. The van der Waals surface area contributed by atoms with E-state index < -0.39 is 29.6 Å². The molecule has 3 N–H and O–H groups in total. The molecule has 8 nitrogen and oxygen atoms in total. The fourth-order valence-corrected chi connectivity index (χ4v) is 2.68. The van der Waals surface area contributed by atoms with Crippen LogP contribution in [0.3, 0.4) is 0 Å². The smallest absolute Gasteiger partial charge is 0.275 e. The maximum absolute atomic E-state index is 13.9. The van der Waals surface area contributed by atoms with Crippen molar-refractivity contribution in [2.45, 2.75) is 13.0 Å². The molecule has 1 aromatic heterocycles. The number of nitrogens with two attached hydrogens (primary N) is 1. The van der Waals surface area contributed by atoms with Crippen molar-refractivity contribution in [2.24, 2.45) is 5.73 Å². The number of benzene rings is 1. The Hall–Kier alpha value is -3.23. The van der Waals surface area contributed by atoms with Crippen molar-refractivity contribution in [1.82, 2.24) is 20.0 Å². The minimum atomic E-state index is -0.955. The first-order valence-corrected chi connectivity index (χ1v) is 7.56. The third-order valence-electron chi connectivity index (χ3n) is 3.97. The Labute approximate surface area is 142 Å². The van der Waals surface area contributed by atoms with E-state index in [1.54, 1.807) is 19.1 Å². The number of aromatic nitrogens is 2. The van der Waals surface area contributed by atoms with E-state index in [0.29, 0.717) is 5.56 Å². The second kappa shape index (κ2) is 6.34. The standard InChI is InChI=1S/C16H16FN5O3/c1-9-7-22(11-5-3-2-4-10(11)17)20-14(9)16(25)21-8-13(23)19-6-12(21)15(18)24/h2-5,7,12H,6,8H2,1H3,(H2,18,24)(H,19,23). The molecule has 1 saturated heterocycles. The molecule has 1 fully saturated rings. The van der Waals surface area contributed by atoms with Crippen molar-refractivity contribution >= 4 is 17.7 Å². The fourth-order valence-electron chi connectivity index (χ4n) is 2.68. The number of rotatable bonds is 3. The molecule has 25 heavy (non-hydrogen) atoms. The van der Waals surface area contributed by atoms with Crippen molar-refractivity contribution in [1.29, 1.82) is 0 Å². The number of hydrogen-bond acceptors (Lipinski definition) is 4. The van der Waals surface area contributed by atoms with Gasteiger partial charge in [-0.3, -0.25) is 14.4 Å². The van der Waals surface area contributed by atoms with Crippen LogP contribution in [0.5, 0.6) is 0 Å². The van der Waals surface area contributed by atoms with Crippen LogP contribution < -0.4 is 11.1 Å². The first kappa shape index (κ1) is 16.6. The molecular formula is C16H16FN5O3. The minimum absolute atomic E-state index is 0.0317. The number of aryl methyl sites for hydroxylation is 1. The Kier molecular flexibility index (Phi) is 4.22. The van der Waals surface area contributed by atoms with Crippen molar-refractivity contribution in [3.05, 3.63) is 47.5 Å². The topological polar surface area (TPSA) is 110 Å². The Balaban J connectivity index is 1.96. The monoisotopic (exact) mass is 345 g/mol. The van der Waals surface area contributed by atoms with Gasteiger partial charge in [-0.2, -0.15) is 5.10 Å². The summed E-state index contributed by atoms with van der Waals surface area (Å²) in [6.07, 6.45) is 1.51. The molecule has 0 saturated carbocycles. The van der Waals surface area contributed by atoms with Gasteiger partial charge in [0, 0.05) is 18.3 Å². The number of amides is 3. The number of primary amides is 1. The zero-order valence-electron chi connectivity index (χ0n) is 13.4. The van der Waals surface area contributed by atoms with E-state index in [1.165, 1.54) is 23.0 Å². The fraction of sp³-hybridized carbons (Fsp3) is 0.250. The third-order valence-corrected chi connectivity index (χ3v) is 3.97. The quantitative estimate of drug-likeness (QED) is 0.799. The SMILES string of the molecule is Cc1cn(-c2ccccc2F)nc1C(=O)N1CC(=O)NCC1C(N)=O. The second-order valence-corrected chi connectivity index (χ2v) is 5.71. The van der Waals surface area contributed by atoms with Gasteiger partial charge in [-0.05, 0) is 19.1 Å². The number of hydrogen-bond donors (Lipinski definition) is 2. The highest BCUT2D eigenvalue weighted by molar-refractivity contribution is 6.00. The lowest BCUT2D eigenvalue weighted by Crippen LogP contribution is -2.60. The summed E-state index contributed by atoms with van der Waals surface area (Å²) < 4.78 is 15.2. The van der Waals surface area contributed by atoms with E-state index in [0.717, 1.165) is 4.90 Å². The van der Waals surface area contributed by atoms with E-state index in [9.17, 15) is 18.8 Å². The summed E-state index contributed by atoms with van der Waals surface area (Å²) in [5, 5.41) is 6.63. The normalized spacial score (nSPS) is 17.3. The van der Waals surface area contributed by atoms with Gasteiger partial charge < -0.3 is 16.0 Å². The number of carbonyl (C=O) groups is 3. The molecular weight excluding hydrogens is 329 g/mol. The van der Waals surface area contributed by atoms with E-state index in [4.69, 9.17) is 5.73 Å². The maximum Gasteiger partial charge on any atom is 0.275 e. The molecule has 1 aromatic carbocycles. The van der Waals surface area contributed by atoms with Crippen LogP contribution in [0.4, 0.5) is 4.39 Å². The predicted octanol–water partition coefficient (Wildman–Crippen LogP) is -0.254. The summed E-state index contributed by atoms with van der Waals surface area (Å²) in [6, 6.07) is 5.05. The number of carbonyl (C=O) groups excluding carboxylic acids is 3. The summed E-state index contributed by atoms with van der Waals surface area (Å²) in [6.45, 7) is 1.30. The predicted molar refractivity (Wildman–Crippen MR) is 85.3 cm³/mol. The van der Waals surface area contributed by atoms with Crippen molar-refractivity contribution in [2.75, 3.05) is 13.1 Å². The van der Waals surface area contributed by atoms with Crippen LogP contribution in [0, 0.1) is 12.7 Å². The molecule has 0 spiro atoms. The molecule has 9 heteroatoms. The van der Waals surface area contributed by atoms with Crippen molar-refractivity contribution in [3.8, 4) is 5.69 Å². The molecule has 3 amide bonds. The third kappa shape index (κ3) is 3.08. The van der Waals surface area contributed by atoms with Gasteiger partial charge in [-0.25, -0.2) is 9.07 Å². The van der Waals surface area contributed by atoms with E-state index in [2.05, 4.69) is 10.4 Å². The molecule has 3 rings (SSSR count). The molecule has 1 aliphatic rings. The lowest BCUT2D eigenvalue weighted by molar-refractivity contribution is -0.129. The summed E-state index contributed by atoms with van der Waals surface area (Å²) in [4.78, 5) is 37.0. The Morgan fingerprint density at radius 2 is 2.08 bits per heavy atom. The average molecular weight is 345 g/mol. The van der Waals surface area contributed by atoms with Gasteiger partial charge in [0.2, 0.25) is 11.8 Å². The molecule has 0 bridgehead atoms. The summed E-state index contributed by atoms with van der Waals surface area (Å²) in [5.41, 5.74) is 6.02. The Bertz CT molecular complexity index is 863. The lowest BCUT2D eigenvalue weighted by atomic mass is 10.1. The van der Waals surface area contributed by atoms with Gasteiger partial charge in [0.05, 0.1) is 0 Å². The van der Waals surface area contributed by atoms with Crippen LogP contribution >= 0.6 is 0 Å². The van der Waals surface area contributed by atoms with Crippen molar-refractivity contribution < 1.29 is 18.8 Å². The molecule has 1 atom stereocenters. The summed E-state index contributed by atoms with van der Waals surface area (Å²) >= 11 is 0. The number of para-hydroxylation sites is 1. The van der Waals surface area contributed by atoms with Crippen LogP contribution in [0.2, 0.25) is 0 Å². The molecule has 1 aliphatic heterocycles. The molecule has 130 valence electrons. The van der Waals surface area contributed by atoms with Gasteiger partial charge >= 0.3 is 0 Å². The van der Waals surface area contributed by atoms with Gasteiger partial charge in [0.15, 0.2) is 5.69 Å². The minimum Gasteiger partial charge on any atom is -0.368 e. The van der Waals surface area contributed by atoms with Crippen molar-refractivity contribution in [3.63, 3.8) is 0 Å². The van der Waals surface area contributed by atoms with Crippen LogP contribution in [-0.4, -0.2) is 51.5 Å². The van der Waals surface area contributed by atoms with E-state index in [-0.39, 0.29) is 24.5 Å². The van der Waals surface area contributed by atoms with Crippen LogP contribution in [0.1, 0.15) is 16.1 Å². The summed E-state index contributed by atoms with van der Waals surface area (Å²) in [5.74, 6) is -2.21. The van der Waals surface area contributed by atoms with E-state index >= 15 is 0 Å².